The molecule has 0 rings (SSSR count). The lowest BCUT2D eigenvalue weighted by atomic mass is 9.89. The first-order valence-electron chi connectivity index (χ1n) is 11.3. The van der Waals surface area contributed by atoms with Crippen LogP contribution in [0.1, 0.15) is 60.8 Å². The number of hydrogen-bond acceptors (Lipinski definition) is 5. The van der Waals surface area contributed by atoms with Gasteiger partial charge in [0.05, 0.1) is 24.6 Å². The Morgan fingerprint density at radius 1 is 0.968 bits per heavy atom. The number of aliphatic carboxylic acids is 1. The summed E-state index contributed by atoms with van der Waals surface area (Å²) in [4.78, 5) is 41.5. The number of carboxylic acid groups (broad SMARTS) is 1. The van der Waals surface area contributed by atoms with Gasteiger partial charge in [0.1, 0.15) is 6.04 Å². The molecule has 0 fully saturated rings. The van der Waals surface area contributed by atoms with Crippen LogP contribution in [0, 0.1) is 17.8 Å². The van der Waals surface area contributed by atoms with E-state index in [-0.39, 0.29) is 42.0 Å². The summed E-state index contributed by atoms with van der Waals surface area (Å²) in [7, 11) is 6.86. The van der Waals surface area contributed by atoms with Crippen molar-refractivity contribution in [3.05, 3.63) is 0 Å². The van der Waals surface area contributed by atoms with Crippen LogP contribution in [0.4, 0.5) is 0 Å². The van der Waals surface area contributed by atoms with Crippen molar-refractivity contribution < 1.29 is 24.2 Å². The SMILES string of the molecule is CC[C@H](C)[C@@H]([C@@H](CC(=O)O)OC)N(C)C(=O)[C@@H](NC(=O)[C@H](C(C)C)N(C)C)[C@@H](C)CC. The Balaban J connectivity index is 5.94. The minimum atomic E-state index is -0.974. The molecule has 0 saturated heterocycles. The van der Waals surface area contributed by atoms with E-state index < -0.39 is 24.2 Å². The van der Waals surface area contributed by atoms with E-state index in [0.717, 1.165) is 12.8 Å². The maximum Gasteiger partial charge on any atom is 0.306 e. The number of rotatable bonds is 14. The average molecular weight is 444 g/mol. The van der Waals surface area contributed by atoms with Crippen molar-refractivity contribution in [1.29, 1.82) is 0 Å². The quantitative estimate of drug-likeness (QED) is 0.428. The normalized spacial score (nSPS) is 17.5. The van der Waals surface area contributed by atoms with Gasteiger partial charge in [-0.1, -0.05) is 54.4 Å². The summed E-state index contributed by atoms with van der Waals surface area (Å²) >= 11 is 0. The third-order valence-electron chi connectivity index (χ3n) is 6.31. The summed E-state index contributed by atoms with van der Waals surface area (Å²) < 4.78 is 5.50. The van der Waals surface area contributed by atoms with Crippen LogP contribution < -0.4 is 5.32 Å². The van der Waals surface area contributed by atoms with Gasteiger partial charge < -0.3 is 20.1 Å². The molecule has 2 amide bonds. The van der Waals surface area contributed by atoms with Crippen LogP contribution in [-0.2, 0) is 19.1 Å². The zero-order chi connectivity index (χ0) is 24.5. The molecule has 0 unspecified atom stereocenters. The molecule has 0 heterocycles. The number of carbonyl (C=O) groups is 3. The van der Waals surface area contributed by atoms with Crippen molar-refractivity contribution in [3.8, 4) is 0 Å². The number of carbonyl (C=O) groups excluding carboxylic acids is 2. The van der Waals surface area contributed by atoms with E-state index in [2.05, 4.69) is 5.32 Å². The molecule has 0 saturated carbocycles. The predicted octanol–water partition coefficient (Wildman–Crippen LogP) is 2.47. The lowest BCUT2D eigenvalue weighted by Gasteiger charge is -2.40. The highest BCUT2D eigenvalue weighted by Crippen LogP contribution is 2.24. The number of carboxylic acids is 1. The Bertz CT molecular complexity index is 574. The maximum absolute atomic E-state index is 13.6. The van der Waals surface area contributed by atoms with Gasteiger partial charge in [0.15, 0.2) is 0 Å². The molecule has 0 aromatic rings. The molecule has 0 aliphatic heterocycles. The third kappa shape index (κ3) is 8.41. The minimum absolute atomic E-state index is 0.0247. The van der Waals surface area contributed by atoms with E-state index in [4.69, 9.17) is 4.74 Å². The van der Waals surface area contributed by atoms with Gasteiger partial charge in [-0.15, -0.1) is 0 Å². The number of hydrogen-bond donors (Lipinski definition) is 2. The average Bonchev–Trinajstić information content (AvgIpc) is 2.68. The van der Waals surface area contributed by atoms with Gasteiger partial charge in [-0.25, -0.2) is 0 Å². The first-order valence-corrected chi connectivity index (χ1v) is 11.3. The van der Waals surface area contributed by atoms with Gasteiger partial charge in [-0.3, -0.25) is 19.3 Å². The summed E-state index contributed by atoms with van der Waals surface area (Å²) in [6.07, 6.45) is 0.646. The van der Waals surface area contributed by atoms with Crippen LogP contribution in [0.5, 0.6) is 0 Å². The van der Waals surface area contributed by atoms with Crippen LogP contribution in [-0.4, -0.2) is 85.2 Å². The zero-order valence-electron chi connectivity index (χ0n) is 21.1. The minimum Gasteiger partial charge on any atom is -0.481 e. The number of nitrogens with one attached hydrogen (secondary N) is 1. The molecule has 0 aromatic heterocycles. The highest BCUT2D eigenvalue weighted by atomic mass is 16.5. The van der Waals surface area contributed by atoms with E-state index >= 15 is 0 Å². The van der Waals surface area contributed by atoms with Gasteiger partial charge in [0.2, 0.25) is 11.8 Å². The molecule has 0 aliphatic carbocycles. The largest absolute Gasteiger partial charge is 0.481 e. The van der Waals surface area contributed by atoms with E-state index in [1.54, 1.807) is 11.9 Å². The molecule has 8 heteroatoms. The fourth-order valence-corrected chi connectivity index (χ4v) is 4.18. The number of likely N-dealkylation sites (N-methyl/N-ethyl adjacent to an activating group) is 2. The standard InChI is InChI=1S/C23H45N3O5/c1-11-15(5)19(24-22(29)20(14(3)4)25(7)8)23(30)26(9)21(16(6)12-2)17(31-10)13-18(27)28/h14-17,19-21H,11-13H2,1-10H3,(H,24,29)(H,27,28)/t15-,16-,17+,19-,20-,21-/m0/s1. The molecular weight excluding hydrogens is 398 g/mol. The first kappa shape index (κ1) is 29.3. The summed E-state index contributed by atoms with van der Waals surface area (Å²) in [5, 5.41) is 12.3. The first-order chi connectivity index (χ1) is 14.3. The molecule has 31 heavy (non-hydrogen) atoms. The highest BCUT2D eigenvalue weighted by molar-refractivity contribution is 5.90. The Morgan fingerprint density at radius 2 is 1.48 bits per heavy atom. The zero-order valence-corrected chi connectivity index (χ0v) is 21.1. The smallest absolute Gasteiger partial charge is 0.306 e. The maximum atomic E-state index is 13.6. The summed E-state index contributed by atoms with van der Waals surface area (Å²) in [6.45, 7) is 11.9. The summed E-state index contributed by atoms with van der Waals surface area (Å²) in [6, 6.07) is -1.47. The summed E-state index contributed by atoms with van der Waals surface area (Å²) in [5.41, 5.74) is 0. The summed E-state index contributed by atoms with van der Waals surface area (Å²) in [5.74, 6) is -1.34. The highest BCUT2D eigenvalue weighted by Gasteiger charge is 2.39. The van der Waals surface area contributed by atoms with E-state index in [1.165, 1.54) is 7.11 Å². The van der Waals surface area contributed by atoms with Crippen molar-refractivity contribution >= 4 is 17.8 Å². The molecule has 2 N–H and O–H groups in total. The Labute approximate surface area is 188 Å². The third-order valence-corrected chi connectivity index (χ3v) is 6.31. The predicted molar refractivity (Wildman–Crippen MR) is 123 cm³/mol. The van der Waals surface area contributed by atoms with Crippen molar-refractivity contribution in [2.24, 2.45) is 17.8 Å². The number of amides is 2. The van der Waals surface area contributed by atoms with Crippen LogP contribution in [0.2, 0.25) is 0 Å². The lowest BCUT2D eigenvalue weighted by molar-refractivity contribution is -0.148. The molecule has 8 nitrogen and oxygen atoms in total. The van der Waals surface area contributed by atoms with Crippen molar-refractivity contribution in [2.75, 3.05) is 28.3 Å². The number of ether oxygens (including phenoxy) is 1. The monoisotopic (exact) mass is 443 g/mol. The molecule has 0 aromatic carbocycles. The van der Waals surface area contributed by atoms with Gasteiger partial charge in [-0.2, -0.15) is 0 Å². The molecule has 182 valence electrons. The molecule has 0 aliphatic rings. The van der Waals surface area contributed by atoms with Crippen molar-refractivity contribution in [2.45, 2.75) is 85.0 Å². The van der Waals surface area contributed by atoms with Crippen LogP contribution in [0.3, 0.4) is 0 Å². The van der Waals surface area contributed by atoms with Crippen LogP contribution >= 0.6 is 0 Å². The van der Waals surface area contributed by atoms with E-state index in [0.29, 0.717) is 0 Å². The fourth-order valence-electron chi connectivity index (χ4n) is 4.18. The Kier molecular flexibility index (Phi) is 12.9. The molecule has 6 atom stereocenters. The van der Waals surface area contributed by atoms with E-state index in [9.17, 15) is 19.5 Å². The van der Waals surface area contributed by atoms with Crippen molar-refractivity contribution in [3.63, 3.8) is 0 Å². The molecule has 0 spiro atoms. The second-order valence-corrected chi connectivity index (χ2v) is 9.22. The topological polar surface area (TPSA) is 99.2 Å². The second-order valence-electron chi connectivity index (χ2n) is 9.22. The van der Waals surface area contributed by atoms with Gasteiger partial charge in [0.25, 0.3) is 0 Å². The second kappa shape index (κ2) is 13.7. The van der Waals surface area contributed by atoms with E-state index in [1.807, 2.05) is 60.5 Å². The van der Waals surface area contributed by atoms with Crippen LogP contribution in [0.25, 0.3) is 0 Å². The lowest BCUT2D eigenvalue weighted by Crippen LogP contribution is -2.59. The van der Waals surface area contributed by atoms with Gasteiger partial charge in [0, 0.05) is 14.2 Å². The van der Waals surface area contributed by atoms with Gasteiger partial charge >= 0.3 is 5.97 Å². The molecular formula is C23H45N3O5. The Morgan fingerprint density at radius 3 is 1.84 bits per heavy atom. The molecule has 0 bridgehead atoms. The number of nitrogens with zero attached hydrogens (tertiary/aromatic N) is 2. The van der Waals surface area contributed by atoms with Crippen LogP contribution in [0.15, 0.2) is 0 Å². The van der Waals surface area contributed by atoms with Crippen molar-refractivity contribution in [1.82, 2.24) is 15.1 Å². The molecule has 0 radical (unpaired) electrons. The Hall–Kier alpha value is -1.67. The number of methoxy groups -OCH3 is 1. The van der Waals surface area contributed by atoms with Gasteiger partial charge in [-0.05, 0) is 31.8 Å². The fraction of sp³-hybridized carbons (Fsp3) is 0.870.